The van der Waals surface area contributed by atoms with Crippen molar-refractivity contribution in [1.82, 2.24) is 0 Å². The van der Waals surface area contributed by atoms with Crippen molar-refractivity contribution in [1.29, 1.82) is 0 Å². The maximum atomic E-state index is 12.7. The Morgan fingerprint density at radius 1 is 0.419 bits per heavy atom. The number of carboxylic acids is 2. The Morgan fingerprint density at radius 3 is 1.17 bits per heavy atom. The number of rotatable bonds is 15. The number of ketones is 1. The molecule has 0 heterocycles. The van der Waals surface area contributed by atoms with Crippen molar-refractivity contribution in [3.8, 4) is 33.4 Å². The number of amides is 1. The van der Waals surface area contributed by atoms with Gasteiger partial charge >= 0.3 is 53.4 Å². The van der Waals surface area contributed by atoms with Crippen molar-refractivity contribution in [3.05, 3.63) is 269 Å². The van der Waals surface area contributed by atoms with E-state index in [1.54, 1.807) is 84.9 Å². The van der Waals surface area contributed by atoms with Crippen LogP contribution in [0.15, 0.2) is 200 Å². The molecule has 86 heavy (non-hydrogen) atoms. The van der Waals surface area contributed by atoms with Crippen molar-refractivity contribution in [2.24, 2.45) is 0 Å². The SMILES string of the molecule is COC(=O)c1ccc(-c2ccccc2)cc1CC(=O)Cc1cc(Cl)cc(Cl)c1.COC(=O)c1ccc(-c2ccccc2)cc1N.O=C(Cc1cc(Cl)cc(Cl)c1)Nc1cc(-c2ccccc2)ccc1C(=O)O.O=C(O)Cc1cc(Cl)cc(Cl)c1.[Na+].[OH-]. The maximum absolute atomic E-state index is 12.7. The molecule has 9 aromatic rings. The number of aliphatic carboxylic acids is 1. The zero-order valence-corrected chi connectivity index (χ0v) is 52.9. The number of anilines is 2. The summed E-state index contributed by atoms with van der Waals surface area (Å²) in [5.41, 5.74) is 15.6. The number of nitrogens with one attached hydrogen (secondary N) is 1. The first kappa shape index (κ1) is 71.0. The second-order valence-corrected chi connectivity index (χ2v) is 21.0. The van der Waals surface area contributed by atoms with Crippen molar-refractivity contribution in [3.63, 3.8) is 0 Å². The topological polar surface area (TPSA) is 229 Å². The van der Waals surface area contributed by atoms with E-state index in [9.17, 15) is 33.9 Å². The maximum Gasteiger partial charge on any atom is 1.00 e. The van der Waals surface area contributed by atoms with E-state index in [-0.39, 0.29) is 83.7 Å². The number of aromatic carboxylic acids is 1. The number of halogens is 6. The molecular weight excluding hydrogens is 1230 g/mol. The normalized spacial score (nSPS) is 10.0. The summed E-state index contributed by atoms with van der Waals surface area (Å²) in [7, 11) is 2.67. The first-order valence-corrected chi connectivity index (χ1v) is 27.6. The molecule has 0 fully saturated rings. The Hall–Kier alpha value is -7.50. The van der Waals surface area contributed by atoms with Crippen LogP contribution in [0.2, 0.25) is 30.1 Å². The largest absolute Gasteiger partial charge is 1.00 e. The summed E-state index contributed by atoms with van der Waals surface area (Å²) in [5, 5.41) is 23.3. The molecule has 0 aliphatic carbocycles. The van der Waals surface area contributed by atoms with Crippen molar-refractivity contribution < 1.29 is 83.5 Å². The molecule has 13 nitrogen and oxygen atoms in total. The van der Waals surface area contributed by atoms with E-state index in [0.29, 0.717) is 63.6 Å². The van der Waals surface area contributed by atoms with Crippen LogP contribution in [-0.2, 0) is 49.5 Å². The Balaban J connectivity index is 0.000000255. The van der Waals surface area contributed by atoms with Gasteiger partial charge in [0.15, 0.2) is 0 Å². The quantitative estimate of drug-likeness (QED) is 0.0427. The van der Waals surface area contributed by atoms with Gasteiger partial charge in [0.05, 0.1) is 49.4 Å². The third-order valence-corrected chi connectivity index (χ3v) is 13.4. The van der Waals surface area contributed by atoms with Crippen LogP contribution in [0.4, 0.5) is 11.4 Å². The molecule has 0 aliphatic heterocycles. The van der Waals surface area contributed by atoms with Gasteiger partial charge in [-0.2, -0.15) is 0 Å². The molecule has 9 aromatic carbocycles. The summed E-state index contributed by atoms with van der Waals surface area (Å²) in [5.74, 6) is -3.30. The van der Waals surface area contributed by atoms with E-state index in [1.807, 2.05) is 109 Å². The predicted octanol–water partition coefficient (Wildman–Crippen LogP) is 13.5. The van der Waals surface area contributed by atoms with Crippen molar-refractivity contribution in [2.75, 3.05) is 25.3 Å². The smallest absolute Gasteiger partial charge is 0.870 e. The van der Waals surface area contributed by atoms with Crippen molar-refractivity contribution in [2.45, 2.75) is 25.7 Å². The van der Waals surface area contributed by atoms with Crippen LogP contribution in [0.25, 0.3) is 33.4 Å². The van der Waals surface area contributed by atoms with Crippen LogP contribution < -0.4 is 40.6 Å². The van der Waals surface area contributed by atoms with E-state index < -0.39 is 23.9 Å². The zero-order valence-electron chi connectivity index (χ0n) is 46.3. The second-order valence-electron chi connectivity index (χ2n) is 18.3. The number of hydrogen-bond acceptors (Lipinski definition) is 10. The standard InChI is InChI=1S/C23H18Cl2O3.C21H15Cl2NO3.C14H13NO2.C8H6Cl2O2.Na.H2O/c1-28-23(27)22-8-7-17(16-5-3-2-4-6-16)12-18(22)13-21(26)11-15-9-19(24)14-20(25)10-15;22-16-8-13(9-17(23)12-16)10-20(25)24-19-11-15(6-7-18(19)21(26)27)14-4-2-1-3-5-14;1-17-14(16)12-8-7-11(9-13(12)15)10-5-3-2-4-6-10;9-6-1-5(3-8(11)12)2-7(10)4-6;;/h2-10,12,14H,11,13H2,1H3;1-9,11-12H,10H2,(H,24,25)(H,26,27);2-9H,15H2,1H3;1-2,4H,3H2,(H,11,12);;1H2/q;;;;+1;/p-1. The third-order valence-electron chi connectivity index (χ3n) is 12.1. The summed E-state index contributed by atoms with van der Waals surface area (Å²) in [4.78, 5) is 70.5. The number of carboxylic acid groups (broad SMARTS) is 2. The Bertz CT molecular complexity index is 3760. The Labute approximate surface area is 549 Å². The zero-order chi connectivity index (χ0) is 60.9. The number of methoxy groups -OCH3 is 2. The van der Waals surface area contributed by atoms with Gasteiger partial charge in [-0.1, -0.05) is 179 Å². The van der Waals surface area contributed by atoms with Crippen LogP contribution in [0.3, 0.4) is 0 Å². The molecule has 0 atom stereocenters. The molecule has 0 aromatic heterocycles. The van der Waals surface area contributed by atoms with Gasteiger partial charge in [0, 0.05) is 48.7 Å². The van der Waals surface area contributed by atoms with Crippen LogP contribution in [-0.4, -0.2) is 65.5 Å². The van der Waals surface area contributed by atoms with Gasteiger partial charge in [-0.15, -0.1) is 0 Å². The van der Waals surface area contributed by atoms with E-state index in [4.69, 9.17) is 85.2 Å². The summed E-state index contributed by atoms with van der Waals surface area (Å²) >= 11 is 35.2. The number of Topliss-reactive ketones (excluding diaryl/α,β-unsaturated/α-hetero) is 1. The van der Waals surface area contributed by atoms with Gasteiger partial charge in [-0.25, -0.2) is 14.4 Å². The Kier molecular flexibility index (Phi) is 29.1. The average Bonchev–Trinajstić information content (AvgIpc) is 3.05. The minimum Gasteiger partial charge on any atom is -0.870 e. The fourth-order valence-electron chi connectivity index (χ4n) is 8.37. The molecule has 0 saturated carbocycles. The summed E-state index contributed by atoms with van der Waals surface area (Å²) in [6.07, 6.45) is 0.251. The molecule has 20 heteroatoms. The summed E-state index contributed by atoms with van der Waals surface area (Å²) in [6, 6.07) is 59.4. The molecule has 0 unspecified atom stereocenters. The fourth-order valence-corrected chi connectivity index (χ4v) is 10.1. The van der Waals surface area contributed by atoms with E-state index in [2.05, 4.69) is 10.1 Å². The predicted molar refractivity (Wildman–Crippen MR) is 337 cm³/mol. The minimum atomic E-state index is -1.12. The molecule has 6 N–H and O–H groups in total. The second kappa shape index (κ2) is 35.2. The number of ether oxygens (including phenoxy) is 2. The third kappa shape index (κ3) is 22.4. The molecule has 9 rings (SSSR count). The van der Waals surface area contributed by atoms with Gasteiger partial charge in [-0.3, -0.25) is 14.4 Å². The molecule has 0 bridgehead atoms. The Morgan fingerprint density at radius 2 is 0.779 bits per heavy atom. The molecule has 0 aliphatic rings. The average molecular weight is 1290 g/mol. The summed E-state index contributed by atoms with van der Waals surface area (Å²) in [6.45, 7) is 0. The van der Waals surface area contributed by atoms with Gasteiger partial charge in [-0.05, 0) is 147 Å². The summed E-state index contributed by atoms with van der Waals surface area (Å²) < 4.78 is 9.51. The van der Waals surface area contributed by atoms with Gasteiger partial charge in [0.1, 0.15) is 5.78 Å². The van der Waals surface area contributed by atoms with E-state index in [0.717, 1.165) is 38.9 Å². The van der Waals surface area contributed by atoms with Crippen LogP contribution in [0.1, 0.15) is 53.3 Å². The first-order valence-electron chi connectivity index (χ1n) is 25.3. The van der Waals surface area contributed by atoms with Gasteiger partial charge < -0.3 is 36.2 Å². The number of nitrogens with two attached hydrogens (primary N) is 1. The molecule has 1 amide bonds. The molecule has 0 saturated heterocycles. The minimum absolute atomic E-state index is 0. The number of benzene rings is 9. The van der Waals surface area contributed by atoms with Crippen molar-refractivity contribution >= 4 is 117 Å². The van der Waals surface area contributed by atoms with Gasteiger partial charge in [0.25, 0.3) is 0 Å². The molecule has 0 radical (unpaired) electrons. The molecular formula is C66H53Cl6N2NaO11. The number of esters is 2. The molecule has 436 valence electrons. The number of carbonyl (C=O) groups is 6. The van der Waals surface area contributed by atoms with E-state index >= 15 is 0 Å². The monoisotopic (exact) mass is 1280 g/mol. The van der Waals surface area contributed by atoms with Crippen LogP contribution in [0, 0.1) is 0 Å². The molecule has 0 spiro atoms. The van der Waals surface area contributed by atoms with E-state index in [1.165, 1.54) is 20.3 Å². The first-order chi connectivity index (χ1) is 40.2. The number of hydrogen-bond donors (Lipinski definition) is 4. The van der Waals surface area contributed by atoms with Crippen LogP contribution >= 0.6 is 69.6 Å². The number of nitrogen functional groups attached to an aromatic ring is 1. The van der Waals surface area contributed by atoms with Crippen LogP contribution in [0.5, 0.6) is 0 Å². The fraction of sp³-hybridized carbons (Fsp3) is 0.0909. The number of carbonyl (C=O) groups excluding carboxylic acids is 4. The van der Waals surface area contributed by atoms with Gasteiger partial charge in [0.2, 0.25) is 5.91 Å².